The normalized spacial score (nSPS) is 15.6. The number of benzene rings is 1. The van der Waals surface area contributed by atoms with E-state index in [1.165, 1.54) is 28.5 Å². The molecule has 1 unspecified atom stereocenters. The number of hydrogen-bond donors (Lipinski definition) is 1. The zero-order chi connectivity index (χ0) is 26.0. The van der Waals surface area contributed by atoms with E-state index in [0.29, 0.717) is 12.4 Å². The third kappa shape index (κ3) is 5.81. The molecule has 1 N–H and O–H groups in total. The number of fused-ring (bicyclic) bond motifs is 5. The molecule has 0 saturated heterocycles. The van der Waals surface area contributed by atoms with Crippen molar-refractivity contribution in [1.29, 1.82) is 0 Å². The summed E-state index contributed by atoms with van der Waals surface area (Å²) in [5.41, 5.74) is 5.69. The number of amides is 1. The quantitative estimate of drug-likeness (QED) is 0.201. The Kier molecular flexibility index (Phi) is 7.79. The molecule has 6 nitrogen and oxygen atoms in total. The first-order chi connectivity index (χ1) is 17.8. The molecule has 1 aromatic carbocycles. The smallest absolute Gasteiger partial charge is 0.230 e. The fourth-order valence-corrected chi connectivity index (χ4v) is 7.01. The minimum absolute atomic E-state index is 0.0260. The van der Waals surface area contributed by atoms with Gasteiger partial charge in [-0.3, -0.25) is 4.79 Å². The molecule has 1 atom stereocenters. The predicted octanol–water partition coefficient (Wildman–Crippen LogP) is 6.27. The average molecular weight is 535 g/mol. The minimum Gasteiger partial charge on any atom is -0.370 e. The number of ether oxygens (including phenoxy) is 1. The van der Waals surface area contributed by atoms with E-state index in [9.17, 15) is 4.79 Å². The Morgan fingerprint density at radius 2 is 2.00 bits per heavy atom. The van der Waals surface area contributed by atoms with Crippen LogP contribution in [0.25, 0.3) is 20.4 Å². The van der Waals surface area contributed by atoms with Gasteiger partial charge in [-0.1, -0.05) is 55.4 Å². The molecule has 0 bridgehead atoms. The van der Waals surface area contributed by atoms with Crippen molar-refractivity contribution in [2.75, 3.05) is 5.75 Å². The summed E-state index contributed by atoms with van der Waals surface area (Å²) in [6, 6.07) is 10.5. The first-order valence-corrected chi connectivity index (χ1v) is 14.8. The number of thiophene rings is 1. The van der Waals surface area contributed by atoms with Crippen molar-refractivity contribution in [2.45, 2.75) is 83.1 Å². The van der Waals surface area contributed by atoms with Crippen LogP contribution < -0.4 is 5.32 Å². The van der Waals surface area contributed by atoms with Crippen LogP contribution >= 0.6 is 23.1 Å². The Labute approximate surface area is 226 Å². The summed E-state index contributed by atoms with van der Waals surface area (Å²) in [5.74, 6) is 0.349. The van der Waals surface area contributed by atoms with Crippen LogP contribution in [0.3, 0.4) is 0 Å². The maximum absolute atomic E-state index is 12.7. The lowest BCUT2D eigenvalue weighted by atomic mass is 9.88. The Morgan fingerprint density at radius 1 is 1.19 bits per heavy atom. The second-order valence-corrected chi connectivity index (χ2v) is 12.4. The fraction of sp³-hybridized carbons (Fsp3) is 0.448. The van der Waals surface area contributed by atoms with Gasteiger partial charge in [0.1, 0.15) is 16.2 Å². The van der Waals surface area contributed by atoms with Crippen LogP contribution in [0.4, 0.5) is 0 Å². The van der Waals surface area contributed by atoms with Crippen LogP contribution in [0, 0.1) is 0 Å². The molecule has 0 spiro atoms. The van der Waals surface area contributed by atoms with Crippen molar-refractivity contribution in [2.24, 2.45) is 0 Å². The molecule has 8 heteroatoms. The zero-order valence-electron chi connectivity index (χ0n) is 22.0. The highest BCUT2D eigenvalue weighted by Crippen LogP contribution is 2.42. The van der Waals surface area contributed by atoms with E-state index in [1.807, 2.05) is 6.07 Å². The van der Waals surface area contributed by atoms with Crippen LogP contribution in [0.5, 0.6) is 0 Å². The lowest BCUT2D eigenvalue weighted by molar-refractivity contribution is -0.119. The number of pyridine rings is 1. The number of aromatic nitrogens is 3. The molecule has 1 aliphatic heterocycles. The molecule has 3 aromatic heterocycles. The van der Waals surface area contributed by atoms with Gasteiger partial charge in [0.25, 0.3) is 0 Å². The predicted molar refractivity (Wildman–Crippen MR) is 152 cm³/mol. The Morgan fingerprint density at radius 3 is 2.78 bits per heavy atom. The van der Waals surface area contributed by atoms with Gasteiger partial charge in [0.2, 0.25) is 5.91 Å². The molecule has 194 valence electrons. The number of thioether (sulfide) groups is 1. The van der Waals surface area contributed by atoms with Crippen LogP contribution in [-0.2, 0) is 35.4 Å². The Balaban J connectivity index is 1.35. The molecule has 37 heavy (non-hydrogen) atoms. The maximum Gasteiger partial charge on any atom is 0.230 e. The highest BCUT2D eigenvalue weighted by molar-refractivity contribution is 8.00. The lowest BCUT2D eigenvalue weighted by Crippen LogP contribution is -2.34. The van der Waals surface area contributed by atoms with Crippen LogP contribution in [0.2, 0.25) is 0 Å². The van der Waals surface area contributed by atoms with Gasteiger partial charge in [-0.25, -0.2) is 15.0 Å². The van der Waals surface area contributed by atoms with E-state index in [2.05, 4.69) is 62.3 Å². The first-order valence-electron chi connectivity index (χ1n) is 13.0. The van der Waals surface area contributed by atoms with E-state index >= 15 is 0 Å². The third-order valence-corrected chi connectivity index (χ3v) is 9.02. The first kappa shape index (κ1) is 26.1. The molecule has 0 radical (unpaired) electrons. The highest BCUT2D eigenvalue weighted by atomic mass is 32.2. The van der Waals surface area contributed by atoms with Gasteiger partial charge in [0.15, 0.2) is 0 Å². The summed E-state index contributed by atoms with van der Waals surface area (Å²) in [6.45, 7) is 9.13. The summed E-state index contributed by atoms with van der Waals surface area (Å²) >= 11 is 3.12. The Hall–Kier alpha value is -2.55. The zero-order valence-corrected chi connectivity index (χ0v) is 23.6. The maximum atomic E-state index is 12.7. The van der Waals surface area contributed by atoms with Gasteiger partial charge in [0.05, 0.1) is 28.2 Å². The third-order valence-electron chi connectivity index (χ3n) is 6.82. The Bertz CT molecular complexity index is 1420. The van der Waals surface area contributed by atoms with Gasteiger partial charge < -0.3 is 10.1 Å². The average Bonchev–Trinajstić information content (AvgIpc) is 3.25. The second kappa shape index (κ2) is 11.1. The van der Waals surface area contributed by atoms with E-state index in [1.54, 1.807) is 17.7 Å². The van der Waals surface area contributed by atoms with Crippen molar-refractivity contribution in [3.63, 3.8) is 0 Å². The number of nitrogens with one attached hydrogen (secondary N) is 1. The molecule has 4 aromatic rings. The minimum atomic E-state index is -0.223. The van der Waals surface area contributed by atoms with Crippen LogP contribution in [0.15, 0.2) is 41.7 Å². The van der Waals surface area contributed by atoms with Crippen LogP contribution in [-0.4, -0.2) is 38.3 Å². The largest absolute Gasteiger partial charge is 0.370 e. The molecular weight excluding hydrogens is 500 g/mol. The van der Waals surface area contributed by atoms with Gasteiger partial charge in [-0.15, -0.1) is 11.3 Å². The van der Waals surface area contributed by atoms with Crippen molar-refractivity contribution in [3.8, 4) is 0 Å². The SMILES string of the molecule is CCCc1nc2sc3c(SCC(=O)NC(C)CCc4ccccc4)ncnc3c2c2c1COC(C)(C)C2. The molecule has 1 amide bonds. The van der Waals surface area contributed by atoms with Gasteiger partial charge in [0, 0.05) is 29.1 Å². The van der Waals surface area contributed by atoms with Crippen molar-refractivity contribution >= 4 is 49.4 Å². The number of aryl methyl sites for hydroxylation is 2. The summed E-state index contributed by atoms with van der Waals surface area (Å²) in [5, 5.41) is 5.12. The molecule has 0 aliphatic carbocycles. The molecule has 4 heterocycles. The number of hydrogen-bond acceptors (Lipinski definition) is 7. The second-order valence-electron chi connectivity index (χ2n) is 10.4. The van der Waals surface area contributed by atoms with Crippen LogP contribution in [0.1, 0.15) is 62.9 Å². The summed E-state index contributed by atoms with van der Waals surface area (Å²) < 4.78 is 7.18. The molecule has 1 aliphatic rings. The van der Waals surface area contributed by atoms with E-state index < -0.39 is 0 Å². The lowest BCUT2D eigenvalue weighted by Gasteiger charge is -2.33. The van der Waals surface area contributed by atoms with Gasteiger partial charge in [-0.2, -0.15) is 0 Å². The van der Waals surface area contributed by atoms with E-state index in [0.717, 1.165) is 63.3 Å². The summed E-state index contributed by atoms with van der Waals surface area (Å²) in [4.78, 5) is 28.1. The molecule has 0 saturated carbocycles. The number of nitrogens with zero attached hydrogens (tertiary/aromatic N) is 3. The molecule has 5 rings (SSSR count). The standard InChI is InChI=1S/C29H34N4O2S2/c1-5-9-22-21-15-35-29(3,4)14-20(21)24-25-26(37-27(24)33-22)28(31-17-30-25)36-16-23(34)32-18(2)12-13-19-10-7-6-8-11-19/h6-8,10-11,17-18H,5,9,12-16H2,1-4H3,(H,32,34). The topological polar surface area (TPSA) is 77.0 Å². The van der Waals surface area contributed by atoms with Crippen molar-refractivity contribution in [1.82, 2.24) is 20.3 Å². The number of carbonyl (C=O) groups is 1. The van der Waals surface area contributed by atoms with Crippen molar-refractivity contribution < 1.29 is 9.53 Å². The molecular formula is C29H34N4O2S2. The summed E-state index contributed by atoms with van der Waals surface area (Å²) in [7, 11) is 0. The monoisotopic (exact) mass is 534 g/mol. The number of rotatable bonds is 9. The fourth-order valence-electron chi connectivity index (χ4n) is 4.95. The van der Waals surface area contributed by atoms with Gasteiger partial charge in [-0.05, 0) is 51.2 Å². The molecule has 0 fully saturated rings. The van der Waals surface area contributed by atoms with Gasteiger partial charge >= 0.3 is 0 Å². The van der Waals surface area contributed by atoms with Crippen molar-refractivity contribution in [3.05, 3.63) is 59.0 Å². The van der Waals surface area contributed by atoms with E-state index in [4.69, 9.17) is 14.7 Å². The highest BCUT2D eigenvalue weighted by Gasteiger charge is 2.31. The van der Waals surface area contributed by atoms with E-state index in [-0.39, 0.29) is 17.6 Å². The summed E-state index contributed by atoms with van der Waals surface area (Å²) in [6.07, 6.45) is 6.29. The number of carbonyl (C=O) groups excluding carboxylic acids is 1.